The van der Waals surface area contributed by atoms with E-state index in [9.17, 15) is 9.59 Å². The molecule has 0 radical (unpaired) electrons. The van der Waals surface area contributed by atoms with Crippen LogP contribution in [0.25, 0.3) is 0 Å². The average molecular weight is 429 g/mol. The molecule has 0 bridgehead atoms. The molecular weight excluding hydrogens is 402 g/mol. The third kappa shape index (κ3) is 7.22. The minimum atomic E-state index is -0.526. The van der Waals surface area contributed by atoms with E-state index in [0.29, 0.717) is 41.5 Å². The molecule has 2 aromatic rings. The molecule has 2 rings (SSSR count). The quantitative estimate of drug-likeness (QED) is 0.321. The minimum absolute atomic E-state index is 0.335. The molecule has 0 saturated heterocycles. The van der Waals surface area contributed by atoms with Crippen molar-refractivity contribution in [3.05, 3.63) is 47.5 Å². The molecule has 0 heterocycles. The van der Waals surface area contributed by atoms with Crippen molar-refractivity contribution in [2.45, 2.75) is 12.8 Å². The van der Waals surface area contributed by atoms with E-state index in [2.05, 4.69) is 15.8 Å². The lowest BCUT2D eigenvalue weighted by Gasteiger charge is -2.10. The van der Waals surface area contributed by atoms with E-state index < -0.39 is 11.8 Å². The van der Waals surface area contributed by atoms with Gasteiger partial charge in [0.05, 0.1) is 34.7 Å². The summed E-state index contributed by atoms with van der Waals surface area (Å²) in [5, 5.41) is 6.59. The van der Waals surface area contributed by atoms with Crippen LogP contribution >= 0.6 is 0 Å². The summed E-state index contributed by atoms with van der Waals surface area (Å²) in [5.74, 6) is 1.54. The predicted octanol–water partition coefficient (Wildman–Crippen LogP) is 1.92. The molecule has 9 nitrogen and oxygen atoms in total. The van der Waals surface area contributed by atoms with Gasteiger partial charge in [0.1, 0.15) is 17.9 Å². The highest BCUT2D eigenvalue weighted by Crippen LogP contribution is 2.27. The van der Waals surface area contributed by atoms with Crippen LogP contribution in [0.3, 0.4) is 0 Å². The second-order valence-electron chi connectivity index (χ2n) is 6.37. The monoisotopic (exact) mass is 429 g/mol. The number of methoxy groups -OCH3 is 4. The third-order valence-electron chi connectivity index (χ3n) is 4.33. The molecule has 0 saturated carbocycles. The second kappa shape index (κ2) is 12.1. The van der Waals surface area contributed by atoms with Gasteiger partial charge in [0, 0.05) is 12.1 Å². The summed E-state index contributed by atoms with van der Waals surface area (Å²) in [6.45, 7) is 0.381. The van der Waals surface area contributed by atoms with Gasteiger partial charge in [0.2, 0.25) is 11.8 Å². The smallest absolute Gasteiger partial charge is 0.249 e. The number of hydrogen-bond acceptors (Lipinski definition) is 7. The summed E-state index contributed by atoms with van der Waals surface area (Å²) in [7, 11) is 6.22. The fraction of sp³-hybridized carbons (Fsp3) is 0.318. The molecular formula is C22H27N3O6. The van der Waals surface area contributed by atoms with Gasteiger partial charge in [0.15, 0.2) is 11.5 Å². The first-order valence-corrected chi connectivity index (χ1v) is 9.52. The maximum absolute atomic E-state index is 12.0. The number of amides is 2. The van der Waals surface area contributed by atoms with Crippen LogP contribution in [-0.2, 0) is 16.0 Å². The zero-order chi connectivity index (χ0) is 22.6. The van der Waals surface area contributed by atoms with Crippen LogP contribution < -0.4 is 29.7 Å². The Labute approximate surface area is 181 Å². The lowest BCUT2D eigenvalue weighted by atomic mass is 10.1. The molecule has 0 spiro atoms. The Morgan fingerprint density at radius 3 is 2.26 bits per heavy atom. The number of carbonyl (C=O) groups excluding carboxylic acids is 2. The van der Waals surface area contributed by atoms with Crippen LogP contribution in [0, 0.1) is 0 Å². The van der Waals surface area contributed by atoms with Crippen molar-refractivity contribution in [3.8, 4) is 23.0 Å². The Hall–Kier alpha value is -3.75. The Kier molecular flexibility index (Phi) is 9.15. The largest absolute Gasteiger partial charge is 0.497 e. The van der Waals surface area contributed by atoms with Crippen LogP contribution in [0.5, 0.6) is 23.0 Å². The number of ether oxygens (including phenoxy) is 4. The Bertz CT molecular complexity index is 929. The van der Waals surface area contributed by atoms with Gasteiger partial charge >= 0.3 is 0 Å². The van der Waals surface area contributed by atoms with Crippen LogP contribution in [0.2, 0.25) is 0 Å². The van der Waals surface area contributed by atoms with Crippen molar-refractivity contribution in [2.75, 3.05) is 35.0 Å². The summed E-state index contributed by atoms with van der Waals surface area (Å²) < 4.78 is 20.9. The number of nitrogens with zero attached hydrogens (tertiary/aromatic N) is 1. The van der Waals surface area contributed by atoms with Gasteiger partial charge in [-0.3, -0.25) is 9.59 Å². The number of carbonyl (C=O) groups is 2. The number of rotatable bonds is 11. The van der Waals surface area contributed by atoms with E-state index in [1.807, 2.05) is 12.1 Å². The second-order valence-corrected chi connectivity index (χ2v) is 6.37. The summed E-state index contributed by atoms with van der Waals surface area (Å²) in [6.07, 6.45) is 1.67. The number of nitrogens with one attached hydrogen (secondary N) is 2. The minimum Gasteiger partial charge on any atom is -0.497 e. The molecule has 2 aromatic carbocycles. The number of benzene rings is 2. The van der Waals surface area contributed by atoms with Gasteiger partial charge in [-0.15, -0.1) is 0 Å². The molecule has 0 fully saturated rings. The van der Waals surface area contributed by atoms with E-state index in [4.69, 9.17) is 18.9 Å². The first-order valence-electron chi connectivity index (χ1n) is 9.52. The fourth-order valence-corrected chi connectivity index (χ4v) is 2.74. The van der Waals surface area contributed by atoms with Crippen molar-refractivity contribution in [3.63, 3.8) is 0 Å². The van der Waals surface area contributed by atoms with Crippen molar-refractivity contribution in [1.82, 2.24) is 10.7 Å². The highest BCUT2D eigenvalue weighted by Gasteiger charge is 2.09. The van der Waals surface area contributed by atoms with Gasteiger partial charge in [-0.05, 0) is 42.3 Å². The topological polar surface area (TPSA) is 107 Å². The van der Waals surface area contributed by atoms with E-state index in [1.54, 1.807) is 45.6 Å². The summed E-state index contributed by atoms with van der Waals surface area (Å²) in [5.41, 5.74) is 3.93. The molecule has 0 atom stereocenters. The first kappa shape index (κ1) is 23.5. The highest BCUT2D eigenvalue weighted by atomic mass is 16.5. The van der Waals surface area contributed by atoms with Gasteiger partial charge in [0.25, 0.3) is 0 Å². The van der Waals surface area contributed by atoms with Crippen LogP contribution in [0.15, 0.2) is 41.5 Å². The first-order chi connectivity index (χ1) is 15.0. The predicted molar refractivity (Wildman–Crippen MR) is 116 cm³/mol. The average Bonchev–Trinajstić information content (AvgIpc) is 2.78. The fourth-order valence-electron chi connectivity index (χ4n) is 2.74. The van der Waals surface area contributed by atoms with E-state index >= 15 is 0 Å². The van der Waals surface area contributed by atoms with E-state index in [-0.39, 0.29) is 6.42 Å². The Morgan fingerprint density at radius 2 is 1.58 bits per heavy atom. The van der Waals surface area contributed by atoms with E-state index in [1.165, 1.54) is 13.3 Å². The van der Waals surface area contributed by atoms with E-state index in [0.717, 1.165) is 5.56 Å². The molecule has 31 heavy (non-hydrogen) atoms. The molecule has 0 unspecified atom stereocenters. The van der Waals surface area contributed by atoms with Gasteiger partial charge < -0.3 is 24.3 Å². The van der Waals surface area contributed by atoms with Crippen molar-refractivity contribution in [1.29, 1.82) is 0 Å². The Balaban J connectivity index is 1.79. The molecule has 2 N–H and O–H groups in total. The molecule has 166 valence electrons. The highest BCUT2D eigenvalue weighted by molar-refractivity contribution is 5.97. The lowest BCUT2D eigenvalue weighted by Crippen LogP contribution is -2.31. The van der Waals surface area contributed by atoms with Crippen molar-refractivity contribution >= 4 is 18.0 Å². The summed E-state index contributed by atoms with van der Waals surface area (Å²) in [4.78, 5) is 23.9. The van der Waals surface area contributed by atoms with Crippen LogP contribution in [-0.4, -0.2) is 53.0 Å². The van der Waals surface area contributed by atoms with Crippen LogP contribution in [0.1, 0.15) is 17.5 Å². The molecule has 9 heteroatoms. The molecule has 0 aliphatic rings. The number of hydrazone groups is 1. The van der Waals surface area contributed by atoms with Crippen molar-refractivity contribution in [2.24, 2.45) is 5.10 Å². The molecule has 0 aliphatic heterocycles. The standard InChI is InChI=1S/C22H27N3O6/c1-28-17-6-8-18(29-2)16(12-17)14-24-25-22(27)13-21(26)23-10-9-15-5-7-19(30-3)20(11-15)31-4/h5-8,11-12,14H,9-10,13H2,1-4H3,(H,23,26)(H,25,27)/b24-14-. The van der Waals surface area contributed by atoms with Gasteiger partial charge in [-0.2, -0.15) is 5.10 Å². The van der Waals surface area contributed by atoms with Crippen molar-refractivity contribution < 1.29 is 28.5 Å². The van der Waals surface area contributed by atoms with Gasteiger partial charge in [-0.1, -0.05) is 6.07 Å². The van der Waals surface area contributed by atoms with Crippen LogP contribution in [0.4, 0.5) is 0 Å². The third-order valence-corrected chi connectivity index (χ3v) is 4.33. The normalized spacial score (nSPS) is 10.5. The molecule has 2 amide bonds. The maximum Gasteiger partial charge on any atom is 0.249 e. The molecule has 0 aliphatic carbocycles. The number of hydrogen-bond donors (Lipinski definition) is 2. The zero-order valence-electron chi connectivity index (χ0n) is 18.1. The lowest BCUT2D eigenvalue weighted by molar-refractivity contribution is -0.129. The Morgan fingerprint density at radius 1 is 0.871 bits per heavy atom. The molecule has 0 aromatic heterocycles. The summed E-state index contributed by atoms with van der Waals surface area (Å²) >= 11 is 0. The zero-order valence-corrected chi connectivity index (χ0v) is 18.1. The SMILES string of the molecule is COc1ccc(OC)c(/C=N\NC(=O)CC(=O)NCCc2ccc(OC)c(OC)c2)c1. The summed E-state index contributed by atoms with van der Waals surface area (Å²) in [6, 6.07) is 10.7. The van der Waals surface area contributed by atoms with Gasteiger partial charge in [-0.25, -0.2) is 5.43 Å². The maximum atomic E-state index is 12.0.